The second-order valence-corrected chi connectivity index (χ2v) is 5.66. The van der Waals surface area contributed by atoms with Gasteiger partial charge >= 0.3 is 6.03 Å². The lowest BCUT2D eigenvalue weighted by atomic mass is 10.1. The van der Waals surface area contributed by atoms with Gasteiger partial charge < -0.3 is 16.0 Å². The summed E-state index contributed by atoms with van der Waals surface area (Å²) in [6.07, 6.45) is 1.89. The largest absolute Gasteiger partial charge is 0.337 e. The number of urea groups is 1. The standard InChI is InChI=1S/C16H20N4O2/c1-10(8-17)9-18-16(22)20-14-7-13(6-3-11(14)2)19-15(21)12-4-5-12/h3,6-7,10,12H,4-5,9H2,1-2H3,(H,19,21)(H2,18,20,22)/t10-/m0/s1. The summed E-state index contributed by atoms with van der Waals surface area (Å²) in [6.45, 7) is 3.90. The quantitative estimate of drug-likeness (QED) is 0.780. The summed E-state index contributed by atoms with van der Waals surface area (Å²) in [5.41, 5.74) is 2.20. The van der Waals surface area contributed by atoms with Crippen LogP contribution in [0.2, 0.25) is 0 Å². The Hall–Kier alpha value is -2.55. The average Bonchev–Trinajstić information content (AvgIpc) is 3.33. The van der Waals surface area contributed by atoms with Crippen molar-refractivity contribution >= 4 is 23.3 Å². The molecule has 1 aromatic rings. The molecular weight excluding hydrogens is 280 g/mol. The first-order valence-electron chi connectivity index (χ1n) is 7.35. The van der Waals surface area contributed by atoms with Crippen LogP contribution in [-0.2, 0) is 4.79 Å². The van der Waals surface area contributed by atoms with Crippen molar-refractivity contribution in [2.45, 2.75) is 26.7 Å². The molecule has 3 N–H and O–H groups in total. The van der Waals surface area contributed by atoms with E-state index in [1.54, 1.807) is 13.0 Å². The number of nitrogens with zero attached hydrogens (tertiary/aromatic N) is 1. The third-order valence-corrected chi connectivity index (χ3v) is 3.49. The minimum absolute atomic E-state index is 0.0297. The summed E-state index contributed by atoms with van der Waals surface area (Å²) in [5.74, 6) is -0.0772. The molecule has 0 bridgehead atoms. The fraction of sp³-hybridized carbons (Fsp3) is 0.438. The highest BCUT2D eigenvalue weighted by Crippen LogP contribution is 2.30. The van der Waals surface area contributed by atoms with E-state index in [1.807, 2.05) is 19.1 Å². The van der Waals surface area contributed by atoms with Crippen LogP contribution in [0.1, 0.15) is 25.3 Å². The van der Waals surface area contributed by atoms with Gasteiger partial charge in [-0.1, -0.05) is 6.07 Å². The summed E-state index contributed by atoms with van der Waals surface area (Å²) < 4.78 is 0. The van der Waals surface area contributed by atoms with Gasteiger partial charge in [-0.15, -0.1) is 0 Å². The van der Waals surface area contributed by atoms with Crippen molar-refractivity contribution in [3.8, 4) is 6.07 Å². The zero-order chi connectivity index (χ0) is 16.1. The molecule has 1 atom stereocenters. The van der Waals surface area contributed by atoms with Gasteiger partial charge in [0, 0.05) is 23.8 Å². The molecule has 1 saturated carbocycles. The Morgan fingerprint density at radius 2 is 2.09 bits per heavy atom. The number of nitriles is 1. The highest BCUT2D eigenvalue weighted by Gasteiger charge is 2.29. The van der Waals surface area contributed by atoms with Gasteiger partial charge in [-0.2, -0.15) is 5.26 Å². The molecule has 1 fully saturated rings. The summed E-state index contributed by atoms with van der Waals surface area (Å²) in [4.78, 5) is 23.6. The van der Waals surface area contributed by atoms with Crippen molar-refractivity contribution < 1.29 is 9.59 Å². The Morgan fingerprint density at radius 1 is 1.36 bits per heavy atom. The first-order valence-corrected chi connectivity index (χ1v) is 7.35. The van der Waals surface area contributed by atoms with Crippen LogP contribution in [0.4, 0.5) is 16.2 Å². The smallest absolute Gasteiger partial charge is 0.319 e. The molecule has 3 amide bonds. The van der Waals surface area contributed by atoms with E-state index >= 15 is 0 Å². The number of amides is 3. The molecule has 0 saturated heterocycles. The first kappa shape index (κ1) is 15.8. The van der Waals surface area contributed by atoms with Crippen LogP contribution in [0.5, 0.6) is 0 Å². The first-order chi connectivity index (χ1) is 10.5. The maximum Gasteiger partial charge on any atom is 0.319 e. The van der Waals surface area contributed by atoms with Crippen LogP contribution in [0.15, 0.2) is 18.2 Å². The van der Waals surface area contributed by atoms with E-state index in [-0.39, 0.29) is 23.8 Å². The Kier molecular flexibility index (Phi) is 4.99. The molecule has 1 aromatic carbocycles. The highest BCUT2D eigenvalue weighted by atomic mass is 16.2. The van der Waals surface area contributed by atoms with Crippen LogP contribution in [0.25, 0.3) is 0 Å². The molecule has 22 heavy (non-hydrogen) atoms. The predicted molar refractivity (Wildman–Crippen MR) is 84.3 cm³/mol. The molecule has 1 aliphatic carbocycles. The van der Waals surface area contributed by atoms with Crippen LogP contribution in [0, 0.1) is 30.1 Å². The van der Waals surface area contributed by atoms with Gasteiger partial charge in [0.05, 0.1) is 12.0 Å². The molecular formula is C16H20N4O2. The van der Waals surface area contributed by atoms with E-state index in [4.69, 9.17) is 5.26 Å². The molecule has 0 unspecified atom stereocenters. The summed E-state index contributed by atoms with van der Waals surface area (Å²) >= 11 is 0. The van der Waals surface area contributed by atoms with Crippen molar-refractivity contribution in [3.63, 3.8) is 0 Å². The fourth-order valence-corrected chi connectivity index (χ4v) is 1.88. The fourth-order valence-electron chi connectivity index (χ4n) is 1.88. The number of rotatable bonds is 5. The highest BCUT2D eigenvalue weighted by molar-refractivity contribution is 5.96. The Balaban J connectivity index is 1.95. The Labute approximate surface area is 129 Å². The maximum absolute atomic E-state index is 11.8. The second kappa shape index (κ2) is 6.94. The zero-order valence-electron chi connectivity index (χ0n) is 12.8. The minimum Gasteiger partial charge on any atom is -0.337 e. The SMILES string of the molecule is Cc1ccc(NC(=O)C2CC2)cc1NC(=O)NC[C@@H](C)C#N. The van der Waals surface area contributed by atoms with E-state index in [9.17, 15) is 9.59 Å². The number of nitrogens with one attached hydrogen (secondary N) is 3. The van der Waals surface area contributed by atoms with Crippen molar-refractivity contribution in [1.29, 1.82) is 5.26 Å². The van der Waals surface area contributed by atoms with E-state index in [2.05, 4.69) is 22.0 Å². The molecule has 0 heterocycles. The number of benzene rings is 1. The number of aryl methyl sites for hydroxylation is 1. The van der Waals surface area contributed by atoms with Gasteiger partial charge in [0.1, 0.15) is 0 Å². The van der Waals surface area contributed by atoms with Gasteiger partial charge in [0.2, 0.25) is 5.91 Å². The molecule has 0 aliphatic heterocycles. The normalized spacial score (nSPS) is 14.6. The average molecular weight is 300 g/mol. The maximum atomic E-state index is 11.8. The third kappa shape index (κ3) is 4.48. The Morgan fingerprint density at radius 3 is 2.73 bits per heavy atom. The zero-order valence-corrected chi connectivity index (χ0v) is 12.8. The number of hydrogen-bond acceptors (Lipinski definition) is 3. The summed E-state index contributed by atoms with van der Waals surface area (Å²) in [5, 5.41) is 16.9. The van der Waals surface area contributed by atoms with Crippen molar-refractivity contribution in [1.82, 2.24) is 5.32 Å². The lowest BCUT2D eigenvalue weighted by Crippen LogP contribution is -2.32. The monoisotopic (exact) mass is 300 g/mol. The minimum atomic E-state index is -0.365. The Bertz CT molecular complexity index is 617. The topological polar surface area (TPSA) is 94.0 Å². The molecule has 2 rings (SSSR count). The van der Waals surface area contributed by atoms with Gasteiger partial charge in [0.15, 0.2) is 0 Å². The molecule has 116 valence electrons. The van der Waals surface area contributed by atoms with Crippen LogP contribution in [0.3, 0.4) is 0 Å². The van der Waals surface area contributed by atoms with Gasteiger partial charge in [-0.05, 0) is 44.4 Å². The summed E-state index contributed by atoms with van der Waals surface area (Å²) in [7, 11) is 0. The summed E-state index contributed by atoms with van der Waals surface area (Å²) in [6, 6.07) is 7.09. The number of hydrogen-bond donors (Lipinski definition) is 3. The molecule has 0 aromatic heterocycles. The number of anilines is 2. The van der Waals surface area contributed by atoms with E-state index in [0.29, 0.717) is 17.9 Å². The molecule has 6 nitrogen and oxygen atoms in total. The predicted octanol–water partition coefficient (Wildman–Crippen LogP) is 2.62. The van der Waals surface area contributed by atoms with E-state index < -0.39 is 0 Å². The van der Waals surface area contributed by atoms with Gasteiger partial charge in [-0.3, -0.25) is 4.79 Å². The van der Waals surface area contributed by atoms with Crippen LogP contribution < -0.4 is 16.0 Å². The van der Waals surface area contributed by atoms with Crippen molar-refractivity contribution in [3.05, 3.63) is 23.8 Å². The van der Waals surface area contributed by atoms with E-state index in [1.165, 1.54) is 0 Å². The van der Waals surface area contributed by atoms with Crippen LogP contribution in [-0.4, -0.2) is 18.5 Å². The van der Waals surface area contributed by atoms with Gasteiger partial charge in [-0.25, -0.2) is 4.79 Å². The van der Waals surface area contributed by atoms with Gasteiger partial charge in [0.25, 0.3) is 0 Å². The van der Waals surface area contributed by atoms with E-state index in [0.717, 1.165) is 18.4 Å². The van der Waals surface area contributed by atoms with Crippen molar-refractivity contribution in [2.24, 2.45) is 11.8 Å². The number of carbonyl (C=O) groups is 2. The van der Waals surface area contributed by atoms with Crippen molar-refractivity contribution in [2.75, 3.05) is 17.2 Å². The number of carbonyl (C=O) groups excluding carboxylic acids is 2. The third-order valence-electron chi connectivity index (χ3n) is 3.49. The molecule has 0 spiro atoms. The molecule has 6 heteroatoms. The lowest BCUT2D eigenvalue weighted by Gasteiger charge is -2.12. The molecule has 0 radical (unpaired) electrons. The lowest BCUT2D eigenvalue weighted by molar-refractivity contribution is -0.117. The van der Waals surface area contributed by atoms with Crippen LogP contribution >= 0.6 is 0 Å². The molecule has 1 aliphatic rings. The second-order valence-electron chi connectivity index (χ2n) is 5.66.